The summed E-state index contributed by atoms with van der Waals surface area (Å²) in [4.78, 5) is 24.5. The molecule has 1 amide bonds. The van der Waals surface area contributed by atoms with Crippen LogP contribution >= 0.6 is 11.6 Å². The Morgan fingerprint density at radius 3 is 2.42 bits per heavy atom. The summed E-state index contributed by atoms with van der Waals surface area (Å²) in [7, 11) is 1.24. The monoisotopic (exact) mass is 372 g/mol. The summed E-state index contributed by atoms with van der Waals surface area (Å²) < 4.78 is 10.3. The molecule has 26 heavy (non-hydrogen) atoms. The molecule has 2 rings (SSSR count). The second-order valence-electron chi connectivity index (χ2n) is 5.49. The third-order valence-electron chi connectivity index (χ3n) is 3.67. The third-order valence-corrected chi connectivity index (χ3v) is 3.98. The fourth-order valence-electron chi connectivity index (χ4n) is 2.23. The van der Waals surface area contributed by atoms with E-state index in [1.165, 1.54) is 7.11 Å². The van der Waals surface area contributed by atoms with E-state index in [0.717, 1.165) is 0 Å². The maximum Gasteiger partial charge on any atom is 0.341 e. The molecule has 0 saturated carbocycles. The molecular formula is C19H17ClN2O4. The second kappa shape index (κ2) is 8.37. The predicted molar refractivity (Wildman–Crippen MR) is 97.4 cm³/mol. The fraction of sp³-hybridized carbons (Fsp3) is 0.211. The average Bonchev–Trinajstić information content (AvgIpc) is 2.64. The number of nitriles is 1. The van der Waals surface area contributed by atoms with Crippen LogP contribution in [0.1, 0.15) is 28.4 Å². The van der Waals surface area contributed by atoms with E-state index >= 15 is 0 Å². The highest BCUT2D eigenvalue weighted by Crippen LogP contribution is 2.29. The largest absolute Gasteiger partial charge is 0.481 e. The van der Waals surface area contributed by atoms with Crippen molar-refractivity contribution in [2.24, 2.45) is 0 Å². The van der Waals surface area contributed by atoms with Gasteiger partial charge in [0.2, 0.25) is 0 Å². The van der Waals surface area contributed by atoms with Gasteiger partial charge in [0, 0.05) is 0 Å². The molecule has 0 aromatic heterocycles. The van der Waals surface area contributed by atoms with Crippen LogP contribution in [0.2, 0.25) is 5.02 Å². The molecule has 0 unspecified atom stereocenters. The van der Waals surface area contributed by atoms with Crippen LogP contribution < -0.4 is 10.1 Å². The van der Waals surface area contributed by atoms with Crippen molar-refractivity contribution in [3.63, 3.8) is 0 Å². The molecule has 0 spiro atoms. The number of methoxy groups -OCH3 is 1. The van der Waals surface area contributed by atoms with Gasteiger partial charge in [-0.15, -0.1) is 0 Å². The third kappa shape index (κ3) is 4.32. The highest BCUT2D eigenvalue weighted by Gasteiger charge is 2.22. The lowest BCUT2D eigenvalue weighted by molar-refractivity contribution is -0.122. The lowest BCUT2D eigenvalue weighted by Gasteiger charge is -2.18. The van der Waals surface area contributed by atoms with E-state index in [-0.39, 0.29) is 16.3 Å². The Morgan fingerprint density at radius 1 is 1.19 bits per heavy atom. The highest BCUT2D eigenvalue weighted by molar-refractivity contribution is 6.34. The van der Waals surface area contributed by atoms with Crippen LogP contribution in [0.4, 0.5) is 5.69 Å². The second-order valence-corrected chi connectivity index (χ2v) is 5.90. The number of halogens is 1. The minimum Gasteiger partial charge on any atom is -0.481 e. The Morgan fingerprint density at radius 2 is 1.85 bits per heavy atom. The zero-order valence-corrected chi connectivity index (χ0v) is 15.3. The van der Waals surface area contributed by atoms with Gasteiger partial charge in [-0.1, -0.05) is 17.7 Å². The first-order chi connectivity index (χ1) is 12.4. The average molecular weight is 373 g/mol. The van der Waals surface area contributed by atoms with Crippen molar-refractivity contribution in [3.8, 4) is 11.8 Å². The van der Waals surface area contributed by atoms with Crippen molar-refractivity contribution in [2.75, 3.05) is 12.4 Å². The number of carbonyl (C=O) groups excluding carboxylic acids is 2. The van der Waals surface area contributed by atoms with Crippen molar-refractivity contribution < 1.29 is 19.1 Å². The van der Waals surface area contributed by atoms with Crippen LogP contribution in [-0.4, -0.2) is 25.1 Å². The van der Waals surface area contributed by atoms with Gasteiger partial charge in [-0.05, 0) is 49.7 Å². The Labute approximate surface area is 156 Å². The first-order valence-electron chi connectivity index (χ1n) is 7.72. The molecule has 0 bridgehead atoms. The number of benzene rings is 2. The lowest BCUT2D eigenvalue weighted by Crippen LogP contribution is -2.31. The standard InChI is InChI=1S/C19H17ClN2O4/c1-11-4-9-15(20)16(19(24)25-3)17(11)22-18(23)12(2)26-14-7-5-13(10-21)6-8-14/h4-9,12H,1-3H3,(H,22,23)/t12-/m0/s1. The summed E-state index contributed by atoms with van der Waals surface area (Å²) in [6, 6.07) is 11.7. The van der Waals surface area contributed by atoms with E-state index in [1.54, 1.807) is 50.2 Å². The van der Waals surface area contributed by atoms with Gasteiger partial charge in [0.25, 0.3) is 5.91 Å². The summed E-state index contributed by atoms with van der Waals surface area (Å²) in [6.45, 7) is 3.32. The molecule has 0 fully saturated rings. The van der Waals surface area contributed by atoms with Crippen molar-refractivity contribution in [2.45, 2.75) is 20.0 Å². The van der Waals surface area contributed by atoms with Crippen LogP contribution in [0.15, 0.2) is 36.4 Å². The van der Waals surface area contributed by atoms with E-state index in [2.05, 4.69) is 5.32 Å². The Balaban J connectivity index is 2.19. The Hall–Kier alpha value is -3.04. The molecule has 0 aliphatic carbocycles. The number of ether oxygens (including phenoxy) is 2. The van der Waals surface area contributed by atoms with Crippen LogP contribution in [0.5, 0.6) is 5.75 Å². The molecule has 0 heterocycles. The number of aryl methyl sites for hydroxylation is 1. The molecule has 0 radical (unpaired) electrons. The minimum atomic E-state index is -0.841. The molecular weight excluding hydrogens is 356 g/mol. The van der Waals surface area contributed by atoms with Gasteiger partial charge in [0.05, 0.1) is 29.5 Å². The van der Waals surface area contributed by atoms with E-state index in [9.17, 15) is 9.59 Å². The number of hydrogen-bond donors (Lipinski definition) is 1. The van der Waals surface area contributed by atoms with Crippen molar-refractivity contribution >= 4 is 29.2 Å². The number of nitrogens with zero attached hydrogens (tertiary/aromatic N) is 1. The Kier molecular flexibility index (Phi) is 6.21. The normalized spacial score (nSPS) is 11.2. The predicted octanol–water partition coefficient (Wildman–Crippen LogP) is 3.71. The van der Waals surface area contributed by atoms with Crippen LogP contribution in [0.3, 0.4) is 0 Å². The highest BCUT2D eigenvalue weighted by atomic mass is 35.5. The van der Waals surface area contributed by atoms with Gasteiger partial charge < -0.3 is 14.8 Å². The zero-order chi connectivity index (χ0) is 19.3. The molecule has 1 N–H and O–H groups in total. The van der Waals surface area contributed by atoms with E-state index in [1.807, 2.05) is 6.07 Å². The van der Waals surface area contributed by atoms with Gasteiger partial charge in [-0.3, -0.25) is 4.79 Å². The molecule has 134 valence electrons. The van der Waals surface area contributed by atoms with E-state index < -0.39 is 18.0 Å². The minimum absolute atomic E-state index is 0.0908. The molecule has 0 aliphatic heterocycles. The fourth-order valence-corrected chi connectivity index (χ4v) is 2.47. The summed E-state index contributed by atoms with van der Waals surface area (Å²) in [5.74, 6) is -0.651. The van der Waals surface area contributed by atoms with Gasteiger partial charge in [-0.25, -0.2) is 4.79 Å². The van der Waals surface area contributed by atoms with Crippen molar-refractivity contribution in [3.05, 3.63) is 58.1 Å². The lowest BCUT2D eigenvalue weighted by atomic mass is 10.1. The Bertz CT molecular complexity index is 872. The summed E-state index contributed by atoms with van der Waals surface area (Å²) in [5.41, 5.74) is 1.53. The van der Waals surface area contributed by atoms with Gasteiger partial charge >= 0.3 is 5.97 Å². The smallest absolute Gasteiger partial charge is 0.341 e. The number of hydrogen-bond acceptors (Lipinski definition) is 5. The van der Waals surface area contributed by atoms with E-state index in [4.69, 9.17) is 26.3 Å². The van der Waals surface area contributed by atoms with Gasteiger partial charge in [0.1, 0.15) is 11.3 Å². The number of amides is 1. The zero-order valence-electron chi connectivity index (χ0n) is 14.5. The first kappa shape index (κ1) is 19.3. The SMILES string of the molecule is COC(=O)c1c(Cl)ccc(C)c1NC(=O)[C@H](C)Oc1ccc(C#N)cc1. The van der Waals surface area contributed by atoms with Crippen LogP contribution in [0, 0.1) is 18.3 Å². The molecule has 2 aromatic carbocycles. The molecule has 0 aliphatic rings. The molecule has 0 saturated heterocycles. The topological polar surface area (TPSA) is 88.4 Å². The summed E-state index contributed by atoms with van der Waals surface area (Å²) in [6.07, 6.45) is -0.841. The number of rotatable bonds is 5. The number of esters is 1. The summed E-state index contributed by atoms with van der Waals surface area (Å²) >= 11 is 6.09. The van der Waals surface area contributed by atoms with Crippen molar-refractivity contribution in [1.82, 2.24) is 0 Å². The van der Waals surface area contributed by atoms with E-state index in [0.29, 0.717) is 16.9 Å². The maximum atomic E-state index is 12.5. The van der Waals surface area contributed by atoms with Crippen LogP contribution in [-0.2, 0) is 9.53 Å². The first-order valence-corrected chi connectivity index (χ1v) is 8.10. The molecule has 2 aromatic rings. The number of carbonyl (C=O) groups is 2. The van der Waals surface area contributed by atoms with Gasteiger partial charge in [0.15, 0.2) is 6.10 Å². The molecule has 7 heteroatoms. The number of nitrogens with one attached hydrogen (secondary N) is 1. The van der Waals surface area contributed by atoms with Gasteiger partial charge in [-0.2, -0.15) is 5.26 Å². The van der Waals surface area contributed by atoms with Crippen molar-refractivity contribution in [1.29, 1.82) is 5.26 Å². The summed E-state index contributed by atoms with van der Waals surface area (Å²) in [5, 5.41) is 11.7. The maximum absolute atomic E-state index is 12.5. The molecule has 6 nitrogen and oxygen atoms in total. The number of anilines is 1. The van der Waals surface area contributed by atoms with Crippen LogP contribution in [0.25, 0.3) is 0 Å². The molecule has 1 atom stereocenters. The quantitative estimate of drug-likeness (QED) is 0.808.